The van der Waals surface area contributed by atoms with Gasteiger partial charge in [-0.3, -0.25) is 4.79 Å². The average molecular weight is 447 g/mol. The number of methoxy groups -OCH3 is 1. The highest BCUT2D eigenvalue weighted by atomic mass is 16.5. The number of carbonyl (C=O) groups excluding carboxylic acids is 1. The summed E-state index contributed by atoms with van der Waals surface area (Å²) in [7, 11) is 1.58. The Morgan fingerprint density at radius 1 is 1.18 bits per heavy atom. The Bertz CT molecular complexity index is 1370. The fourth-order valence-corrected chi connectivity index (χ4v) is 4.27. The Morgan fingerprint density at radius 3 is 2.70 bits per heavy atom. The molecular formula is C26H26N2O5. The molecule has 170 valence electrons. The van der Waals surface area contributed by atoms with E-state index in [0.717, 1.165) is 27.7 Å². The number of amides is 1. The third kappa shape index (κ3) is 4.48. The van der Waals surface area contributed by atoms with E-state index in [0.29, 0.717) is 24.5 Å². The zero-order valence-electron chi connectivity index (χ0n) is 18.8. The number of ether oxygens (including phenoxy) is 1. The Labute approximate surface area is 191 Å². The van der Waals surface area contributed by atoms with Crippen molar-refractivity contribution in [2.24, 2.45) is 0 Å². The molecule has 0 saturated heterocycles. The van der Waals surface area contributed by atoms with Crippen LogP contribution in [0.1, 0.15) is 41.0 Å². The molecule has 0 spiro atoms. The van der Waals surface area contributed by atoms with Crippen molar-refractivity contribution in [1.29, 1.82) is 0 Å². The van der Waals surface area contributed by atoms with Crippen LogP contribution in [-0.2, 0) is 11.2 Å². The number of benzene rings is 2. The van der Waals surface area contributed by atoms with E-state index in [-0.39, 0.29) is 17.2 Å². The van der Waals surface area contributed by atoms with Crippen molar-refractivity contribution in [1.82, 2.24) is 10.3 Å². The van der Waals surface area contributed by atoms with E-state index in [1.54, 1.807) is 14.0 Å². The number of aryl methyl sites for hydroxylation is 1. The SMILES string of the molecule is COc1cccc(C(c2[nH]c3ccccc3c2CCNC(C)=O)c2c(O)cc(C)oc2=O)c1. The molecule has 0 saturated carbocycles. The average Bonchev–Trinajstić information content (AvgIpc) is 3.14. The van der Waals surface area contributed by atoms with E-state index >= 15 is 0 Å². The molecule has 4 rings (SSSR count). The molecule has 0 aliphatic heterocycles. The number of hydrogen-bond acceptors (Lipinski definition) is 5. The van der Waals surface area contributed by atoms with Gasteiger partial charge in [0.05, 0.1) is 18.6 Å². The summed E-state index contributed by atoms with van der Waals surface area (Å²) >= 11 is 0. The van der Waals surface area contributed by atoms with Gasteiger partial charge in [0.2, 0.25) is 5.91 Å². The van der Waals surface area contributed by atoms with Gasteiger partial charge >= 0.3 is 5.63 Å². The fraction of sp³-hybridized carbons (Fsp3) is 0.231. The summed E-state index contributed by atoms with van der Waals surface area (Å²) in [6.07, 6.45) is 0.539. The summed E-state index contributed by atoms with van der Waals surface area (Å²) in [5.74, 6) is 0.0647. The summed E-state index contributed by atoms with van der Waals surface area (Å²) in [6, 6.07) is 16.7. The molecule has 0 aliphatic rings. The zero-order chi connectivity index (χ0) is 23.5. The third-order valence-electron chi connectivity index (χ3n) is 5.69. The maximum Gasteiger partial charge on any atom is 0.343 e. The molecule has 2 aromatic carbocycles. The Balaban J connectivity index is 1.98. The Kier molecular flexibility index (Phi) is 6.22. The molecule has 0 radical (unpaired) electrons. The topological polar surface area (TPSA) is 105 Å². The lowest BCUT2D eigenvalue weighted by molar-refractivity contribution is -0.118. The number of hydrogen-bond donors (Lipinski definition) is 3. The number of aromatic nitrogens is 1. The van der Waals surface area contributed by atoms with Crippen LogP contribution in [0.4, 0.5) is 0 Å². The van der Waals surface area contributed by atoms with Gasteiger partial charge < -0.3 is 24.6 Å². The van der Waals surface area contributed by atoms with Crippen molar-refractivity contribution in [2.75, 3.05) is 13.7 Å². The molecule has 7 nitrogen and oxygen atoms in total. The van der Waals surface area contributed by atoms with Gasteiger partial charge in [-0.2, -0.15) is 0 Å². The molecule has 1 atom stereocenters. The van der Waals surface area contributed by atoms with Crippen molar-refractivity contribution in [3.05, 3.63) is 93.2 Å². The molecule has 3 N–H and O–H groups in total. The number of carbonyl (C=O) groups is 1. The second kappa shape index (κ2) is 9.24. The first kappa shape index (κ1) is 22.2. The highest BCUT2D eigenvalue weighted by Gasteiger charge is 2.29. The minimum Gasteiger partial charge on any atom is -0.507 e. The smallest absolute Gasteiger partial charge is 0.343 e. The maximum atomic E-state index is 13.0. The van der Waals surface area contributed by atoms with Crippen LogP contribution in [-0.4, -0.2) is 29.7 Å². The van der Waals surface area contributed by atoms with Gasteiger partial charge in [-0.25, -0.2) is 4.79 Å². The minimum atomic E-state index is -0.642. The van der Waals surface area contributed by atoms with E-state index in [1.807, 2.05) is 48.5 Å². The van der Waals surface area contributed by atoms with Gasteiger partial charge in [0, 0.05) is 36.1 Å². The highest BCUT2D eigenvalue weighted by Crippen LogP contribution is 2.39. The van der Waals surface area contributed by atoms with Crippen LogP contribution in [0.2, 0.25) is 0 Å². The second-order valence-electron chi connectivity index (χ2n) is 7.95. The lowest BCUT2D eigenvalue weighted by Gasteiger charge is -2.20. The molecule has 0 fully saturated rings. The van der Waals surface area contributed by atoms with Crippen LogP contribution in [0, 0.1) is 6.92 Å². The van der Waals surface area contributed by atoms with Gasteiger partial charge in [0.15, 0.2) is 0 Å². The number of rotatable bonds is 7. The van der Waals surface area contributed by atoms with Crippen molar-refractivity contribution in [3.8, 4) is 11.5 Å². The van der Waals surface area contributed by atoms with Gasteiger partial charge in [0.25, 0.3) is 0 Å². The lowest BCUT2D eigenvalue weighted by atomic mass is 9.86. The van der Waals surface area contributed by atoms with Gasteiger partial charge in [0.1, 0.15) is 17.3 Å². The van der Waals surface area contributed by atoms with Gasteiger partial charge in [-0.15, -0.1) is 0 Å². The van der Waals surface area contributed by atoms with Crippen molar-refractivity contribution >= 4 is 16.8 Å². The minimum absolute atomic E-state index is 0.113. The number of H-pyrrole nitrogens is 1. The van der Waals surface area contributed by atoms with Gasteiger partial charge in [-0.1, -0.05) is 30.3 Å². The van der Waals surface area contributed by atoms with E-state index in [2.05, 4.69) is 10.3 Å². The molecule has 33 heavy (non-hydrogen) atoms. The van der Waals surface area contributed by atoms with Gasteiger partial charge in [-0.05, 0) is 42.7 Å². The first-order valence-corrected chi connectivity index (χ1v) is 10.7. The molecule has 2 heterocycles. The lowest BCUT2D eigenvalue weighted by Crippen LogP contribution is -2.23. The standard InChI is InChI=1S/C26H26N2O5/c1-15-13-22(30)24(26(31)33-15)23(17-7-6-8-18(14-17)32-3)25-20(11-12-27-16(2)29)19-9-4-5-10-21(19)28-25/h4-10,13-14,23,28,30H,11-12H2,1-3H3,(H,27,29). The van der Waals surface area contributed by atoms with Crippen LogP contribution in [0.25, 0.3) is 10.9 Å². The third-order valence-corrected chi connectivity index (χ3v) is 5.69. The quantitative estimate of drug-likeness (QED) is 0.398. The molecular weight excluding hydrogens is 420 g/mol. The first-order chi connectivity index (χ1) is 15.9. The van der Waals surface area contributed by atoms with Crippen molar-refractivity contribution in [3.63, 3.8) is 0 Å². The molecule has 1 unspecified atom stereocenters. The number of aromatic hydroxyl groups is 1. The summed E-state index contributed by atoms with van der Waals surface area (Å²) in [6.45, 7) is 3.53. The van der Waals surface area contributed by atoms with Crippen molar-refractivity contribution < 1.29 is 19.1 Å². The predicted octanol–water partition coefficient (Wildman–Crippen LogP) is 4.00. The molecule has 2 aromatic heterocycles. The Hall–Kier alpha value is -4.00. The van der Waals surface area contributed by atoms with Crippen LogP contribution >= 0.6 is 0 Å². The number of para-hydroxylation sites is 1. The predicted molar refractivity (Wildman–Crippen MR) is 126 cm³/mol. The summed E-state index contributed by atoms with van der Waals surface area (Å²) in [5, 5.41) is 14.7. The van der Waals surface area contributed by atoms with Crippen molar-refractivity contribution in [2.45, 2.75) is 26.2 Å². The van der Waals surface area contributed by atoms with Crippen LogP contribution in [0.5, 0.6) is 11.5 Å². The summed E-state index contributed by atoms with van der Waals surface area (Å²) in [4.78, 5) is 27.9. The van der Waals surface area contributed by atoms with E-state index in [4.69, 9.17) is 9.15 Å². The van der Waals surface area contributed by atoms with E-state index in [9.17, 15) is 14.7 Å². The summed E-state index contributed by atoms with van der Waals surface area (Å²) < 4.78 is 10.8. The second-order valence-corrected chi connectivity index (χ2v) is 7.95. The van der Waals surface area contributed by atoms with Crippen LogP contribution in [0.3, 0.4) is 0 Å². The number of aromatic amines is 1. The molecule has 1 amide bonds. The monoisotopic (exact) mass is 446 g/mol. The van der Waals surface area contributed by atoms with E-state index in [1.165, 1.54) is 13.0 Å². The fourth-order valence-electron chi connectivity index (χ4n) is 4.27. The zero-order valence-corrected chi connectivity index (χ0v) is 18.8. The Morgan fingerprint density at radius 2 is 1.97 bits per heavy atom. The normalized spacial score (nSPS) is 12.0. The first-order valence-electron chi connectivity index (χ1n) is 10.7. The molecule has 0 bridgehead atoms. The van der Waals surface area contributed by atoms with Crippen LogP contribution < -0.4 is 15.7 Å². The maximum absolute atomic E-state index is 13.0. The van der Waals surface area contributed by atoms with Crippen LogP contribution in [0.15, 0.2) is 63.8 Å². The molecule has 7 heteroatoms. The molecule has 4 aromatic rings. The van der Waals surface area contributed by atoms with E-state index < -0.39 is 11.5 Å². The molecule has 0 aliphatic carbocycles. The largest absolute Gasteiger partial charge is 0.507 e. The number of fused-ring (bicyclic) bond motifs is 1. The summed E-state index contributed by atoms with van der Waals surface area (Å²) in [5.41, 5.74) is 2.89. The highest BCUT2D eigenvalue weighted by molar-refractivity contribution is 5.85. The number of nitrogens with one attached hydrogen (secondary N) is 2.